The number of halogens is 18. The molecule has 1 N–H and O–H groups in total. The third-order valence-corrected chi connectivity index (χ3v) is 21.0. The predicted molar refractivity (Wildman–Crippen MR) is 244 cm³/mol. The van der Waals surface area contributed by atoms with Crippen LogP contribution < -0.4 is 5.32 Å². The van der Waals surface area contributed by atoms with Gasteiger partial charge in [-0.1, -0.05) is 87.1 Å². The van der Waals surface area contributed by atoms with E-state index in [1.54, 1.807) is 74.9 Å². The Labute approximate surface area is 459 Å². The minimum absolute atomic E-state index is 0.288. The van der Waals surface area contributed by atoms with Gasteiger partial charge in [0.1, 0.15) is 42.5 Å². The van der Waals surface area contributed by atoms with Crippen LogP contribution in [0.5, 0.6) is 0 Å². The Morgan fingerprint density at radius 3 is 1.60 bits per heavy atom. The second kappa shape index (κ2) is 24.3. The average molecular weight is 1290 g/mol. The first-order chi connectivity index (χ1) is 36.6. The van der Waals surface area contributed by atoms with E-state index in [-0.39, 0.29) is 12.5 Å². The van der Waals surface area contributed by atoms with Gasteiger partial charge in [-0.2, -0.15) is 74.6 Å². The molecule has 0 saturated carbocycles. The van der Waals surface area contributed by atoms with E-state index in [2.05, 4.69) is 10.1 Å². The smallest absolute Gasteiger partial charge is 0.460 e. The SMILES string of the molecule is CC(=O)OC[C@H]1O[C@@H](O[C@@H]2[C@@H](NC(=O)OCC(Br)C(F)(F)C(F)(F)C(F)(F)C(F)(F)C(F)(F)C(F)(F)C(F)(F)C(F)(F)F)[C@H]([Si](C)(C)C(C)(C)C(C)C)O[C@@H]3COC(c4ccccc4)O[C@@H]23)[C@H](OC(C)=O)[C@@H](OC(C)=O)[C@H]1OC(C)=O. The second-order valence-electron chi connectivity index (χ2n) is 20.3. The first-order valence-electron chi connectivity index (χ1n) is 23.8. The van der Waals surface area contributed by atoms with Gasteiger partial charge in [-0.25, -0.2) is 4.79 Å². The van der Waals surface area contributed by atoms with Crippen molar-refractivity contribution in [3.63, 3.8) is 0 Å². The van der Waals surface area contributed by atoms with Gasteiger partial charge in [0, 0.05) is 33.3 Å². The summed E-state index contributed by atoms with van der Waals surface area (Å²) in [5.74, 6) is -63.2. The van der Waals surface area contributed by atoms with Crippen molar-refractivity contribution < 1.29 is 146 Å². The fourth-order valence-electron chi connectivity index (χ4n) is 8.69. The number of esters is 4. The number of hydrogen-bond donors (Lipinski definition) is 1. The van der Waals surface area contributed by atoms with Crippen molar-refractivity contribution in [2.45, 2.75) is 193 Å². The van der Waals surface area contributed by atoms with Crippen molar-refractivity contribution in [1.29, 1.82) is 0 Å². The number of nitrogens with one attached hydrogen (secondary N) is 1. The number of alkyl halides is 18. The molecule has 16 nitrogen and oxygen atoms in total. The quantitative estimate of drug-likeness (QED) is 0.0402. The molecular weight excluding hydrogens is 1240 g/mol. The summed E-state index contributed by atoms with van der Waals surface area (Å²) >= 11 is 1.68. The van der Waals surface area contributed by atoms with Gasteiger partial charge in [0.2, 0.25) is 0 Å². The van der Waals surface area contributed by atoms with E-state index >= 15 is 17.6 Å². The van der Waals surface area contributed by atoms with Gasteiger partial charge in [0.15, 0.2) is 30.9 Å². The normalized spacial score (nSPS) is 27.1. The van der Waals surface area contributed by atoms with Gasteiger partial charge < -0.3 is 52.7 Å². The maximum atomic E-state index is 15.4. The van der Waals surface area contributed by atoms with Crippen LogP contribution in [0.2, 0.25) is 18.1 Å². The van der Waals surface area contributed by atoms with Crippen LogP contribution in [0.1, 0.15) is 67.2 Å². The number of ether oxygens (including phenoxy) is 10. The zero-order valence-electron chi connectivity index (χ0n) is 43.9. The Morgan fingerprint density at radius 2 is 1.12 bits per heavy atom. The highest BCUT2D eigenvalue weighted by Crippen LogP contribution is 2.64. The Bertz CT molecular complexity index is 2410. The minimum atomic E-state index is -8.89. The molecule has 3 aliphatic heterocycles. The van der Waals surface area contributed by atoms with Crippen LogP contribution in [-0.2, 0) is 66.5 Å². The summed E-state index contributed by atoms with van der Waals surface area (Å²) in [4.78, 5) is 60.1. The molecule has 3 heterocycles. The van der Waals surface area contributed by atoms with Gasteiger partial charge >= 0.3 is 77.6 Å². The second-order valence-corrected chi connectivity index (χ2v) is 26.7. The van der Waals surface area contributed by atoms with Crippen molar-refractivity contribution in [2.75, 3.05) is 19.8 Å². The number of rotatable bonds is 21. The summed E-state index contributed by atoms with van der Waals surface area (Å²) in [5.41, 5.74) is -1.10. The van der Waals surface area contributed by atoms with Crippen molar-refractivity contribution in [1.82, 2.24) is 5.32 Å². The van der Waals surface area contributed by atoms with E-state index < -0.39 is 176 Å². The largest absolute Gasteiger partial charge is 0.463 e. The first kappa shape index (κ1) is 69.2. The van der Waals surface area contributed by atoms with Crippen LogP contribution >= 0.6 is 15.9 Å². The molecule has 12 atom stereocenters. The third-order valence-electron chi connectivity index (χ3n) is 14.3. The standard InChI is InChI=1S/C46H55BrF17NO15Si/c1-19(2)38(7,8)81(9,10)36-28(65-37(70)73-18-27(47)39(48,49)40(50,51)41(52,53)42(54,55)43(56,57)44(58,59)45(60,61)46(62,63)64)31(29-26(78-36)17-72-34(79-29)24-14-12-11-13-15-24)80-35-33(76-23(6)69)32(75-22(5)68)30(74-21(4)67)25(77-35)16-71-20(3)66/h11-15,19,25-36H,16-18H2,1-10H3,(H,65,70)/t25-,26-,27?,28-,29-,30+,31-,32+,33-,34?,35+,36+/m1/s1. The molecule has 0 aromatic heterocycles. The zero-order chi connectivity index (χ0) is 62.4. The first-order valence-corrected chi connectivity index (χ1v) is 27.8. The Balaban J connectivity index is 1.89. The molecule has 464 valence electrons. The third kappa shape index (κ3) is 13.2. The highest BCUT2D eigenvalue weighted by Gasteiger charge is 2.95. The van der Waals surface area contributed by atoms with E-state index in [1.165, 1.54) is 12.1 Å². The number of benzene rings is 1. The molecule has 0 aliphatic carbocycles. The van der Waals surface area contributed by atoms with Gasteiger partial charge in [0.05, 0.1) is 26.4 Å². The molecule has 0 spiro atoms. The van der Waals surface area contributed by atoms with Crippen molar-refractivity contribution in [3.8, 4) is 0 Å². The molecule has 2 unspecified atom stereocenters. The molecule has 3 aliphatic rings. The lowest BCUT2D eigenvalue weighted by Crippen LogP contribution is -2.75. The van der Waals surface area contributed by atoms with Gasteiger partial charge in [-0.15, -0.1) is 0 Å². The number of hydrogen-bond acceptors (Lipinski definition) is 15. The Hall–Kier alpha value is -4.32. The fourth-order valence-corrected chi connectivity index (χ4v) is 13.0. The van der Waals surface area contributed by atoms with Crippen LogP contribution in [-0.4, -0.2) is 171 Å². The molecule has 0 bridgehead atoms. The predicted octanol–water partition coefficient (Wildman–Crippen LogP) is 9.89. The van der Waals surface area contributed by atoms with E-state index in [4.69, 9.17) is 42.6 Å². The number of carbonyl (C=O) groups is 5. The maximum Gasteiger partial charge on any atom is 0.460 e. The van der Waals surface area contributed by atoms with Gasteiger partial charge in [0.25, 0.3) is 0 Å². The van der Waals surface area contributed by atoms with E-state index in [1.807, 2.05) is 0 Å². The summed E-state index contributed by atoms with van der Waals surface area (Å²) in [6.45, 7) is 10.5. The molecule has 3 fully saturated rings. The molecule has 4 rings (SSSR count). The van der Waals surface area contributed by atoms with Gasteiger partial charge in [-0.05, 0) is 11.0 Å². The lowest BCUT2D eigenvalue weighted by atomic mass is 9.88. The van der Waals surface area contributed by atoms with Crippen molar-refractivity contribution >= 4 is 54.0 Å². The molecular formula is C46H55BrF17NO15Si. The highest BCUT2D eigenvalue weighted by molar-refractivity contribution is 9.09. The Morgan fingerprint density at radius 1 is 0.642 bits per heavy atom. The average Bonchev–Trinajstić information content (AvgIpc) is 3.33. The molecule has 1 aromatic rings. The Kier molecular flexibility index (Phi) is 20.8. The van der Waals surface area contributed by atoms with E-state index in [0.717, 1.165) is 27.7 Å². The maximum absolute atomic E-state index is 15.4. The number of amides is 1. The van der Waals surface area contributed by atoms with Crippen LogP contribution in [0, 0.1) is 5.92 Å². The molecule has 1 amide bonds. The lowest BCUT2D eigenvalue weighted by Gasteiger charge is -2.57. The molecule has 35 heteroatoms. The van der Waals surface area contributed by atoms with Crippen LogP contribution in [0.4, 0.5) is 79.4 Å². The number of alkyl carbamates (subject to hydrolysis) is 1. The minimum Gasteiger partial charge on any atom is -0.463 e. The van der Waals surface area contributed by atoms with E-state index in [9.17, 15) is 81.0 Å². The molecule has 1 aromatic carbocycles. The van der Waals surface area contributed by atoms with Crippen molar-refractivity contribution in [3.05, 3.63) is 35.9 Å². The van der Waals surface area contributed by atoms with Crippen molar-refractivity contribution in [2.24, 2.45) is 5.92 Å². The summed E-state index contributed by atoms with van der Waals surface area (Å²) in [6.07, 6.45) is -25.7. The topological polar surface area (TPSA) is 190 Å². The van der Waals surface area contributed by atoms with Crippen LogP contribution in [0.25, 0.3) is 0 Å². The summed E-state index contributed by atoms with van der Waals surface area (Å²) < 4.78 is 299. The number of carbonyl (C=O) groups excluding carboxylic acids is 5. The number of fused-ring (bicyclic) bond motifs is 1. The lowest BCUT2D eigenvalue weighted by molar-refractivity contribution is -0.461. The summed E-state index contributed by atoms with van der Waals surface area (Å²) in [5, 5.41) is 1.36. The zero-order valence-corrected chi connectivity index (χ0v) is 46.5. The summed E-state index contributed by atoms with van der Waals surface area (Å²) in [6, 6.07) is 5.90. The molecule has 81 heavy (non-hydrogen) atoms. The summed E-state index contributed by atoms with van der Waals surface area (Å²) in [7, 11) is -3.43. The highest BCUT2D eigenvalue weighted by atomic mass is 79.9. The van der Waals surface area contributed by atoms with Crippen LogP contribution in [0.15, 0.2) is 30.3 Å². The molecule has 0 radical (unpaired) electrons. The van der Waals surface area contributed by atoms with Gasteiger partial charge in [-0.3, -0.25) is 19.2 Å². The fraction of sp³-hybridized carbons (Fsp3) is 0.761. The van der Waals surface area contributed by atoms with Crippen LogP contribution in [0.3, 0.4) is 0 Å². The van der Waals surface area contributed by atoms with E-state index in [0.29, 0.717) is 5.56 Å². The molecule has 3 saturated heterocycles. The monoisotopic (exact) mass is 1290 g/mol.